The van der Waals surface area contributed by atoms with Crippen molar-refractivity contribution < 1.29 is 39.2 Å². The summed E-state index contributed by atoms with van der Waals surface area (Å²) < 4.78 is 4.81. The van der Waals surface area contributed by atoms with Crippen molar-refractivity contribution in [3.05, 3.63) is 58.0 Å². The van der Waals surface area contributed by atoms with Gasteiger partial charge in [0.15, 0.2) is 23.1 Å². The Balaban J connectivity index is 1.46. The molecule has 8 nitrogen and oxygen atoms in total. The fourth-order valence-electron chi connectivity index (χ4n) is 4.55. The highest BCUT2D eigenvalue weighted by atomic mass is 16.5. The number of Topliss-reactive ketones (excluding diaryl/α,β-unsaturated/α-hetero) is 3. The van der Waals surface area contributed by atoms with E-state index in [9.17, 15) is 34.5 Å². The second kappa shape index (κ2) is 15.7. The van der Waals surface area contributed by atoms with Gasteiger partial charge in [-0.05, 0) is 58.3 Å². The average Bonchev–Trinajstić information content (AvgIpc) is 2.91. The van der Waals surface area contributed by atoms with Gasteiger partial charge in [0.2, 0.25) is 5.78 Å². The molecule has 0 spiro atoms. The number of unbranched alkanes of at least 4 members (excludes halogenated alkanes) is 10. The largest absolute Gasteiger partial charge is 0.507 e. The Labute approximate surface area is 224 Å². The summed E-state index contributed by atoms with van der Waals surface area (Å²) in [6.45, 7) is 1.43. The molecule has 3 N–H and O–H groups in total. The van der Waals surface area contributed by atoms with Crippen LogP contribution >= 0.6 is 0 Å². The van der Waals surface area contributed by atoms with Crippen LogP contribution in [0.4, 0.5) is 0 Å². The highest BCUT2D eigenvalue weighted by molar-refractivity contribution is 6.49. The maximum absolute atomic E-state index is 12.0. The molecule has 2 aliphatic carbocycles. The van der Waals surface area contributed by atoms with E-state index in [1.165, 1.54) is 14.0 Å². The van der Waals surface area contributed by atoms with Crippen LogP contribution in [0.15, 0.2) is 58.0 Å². The SMILES string of the molecule is COC1=CC(=O)C(CCCCCCCC=CCCCCCCCC2=C(O)C(C)=C(O)C(=O)C2=O)=C(O)C1=O. The van der Waals surface area contributed by atoms with Gasteiger partial charge in [0.25, 0.3) is 11.6 Å². The van der Waals surface area contributed by atoms with Crippen molar-refractivity contribution in [3.63, 3.8) is 0 Å². The van der Waals surface area contributed by atoms with Gasteiger partial charge < -0.3 is 20.1 Å². The number of aliphatic hydroxyl groups excluding tert-OH is 3. The van der Waals surface area contributed by atoms with Crippen molar-refractivity contribution in [2.45, 2.75) is 96.8 Å². The zero-order chi connectivity index (χ0) is 28.1. The molecule has 0 radical (unpaired) electrons. The third kappa shape index (κ3) is 8.57. The van der Waals surface area contributed by atoms with E-state index in [-0.39, 0.29) is 34.0 Å². The molecule has 208 valence electrons. The minimum absolute atomic E-state index is 0.0704. The number of carbonyl (C=O) groups excluding carboxylic acids is 4. The summed E-state index contributed by atoms with van der Waals surface area (Å²) in [5.74, 6) is -4.26. The zero-order valence-corrected chi connectivity index (χ0v) is 22.5. The molecule has 0 amide bonds. The molecule has 0 saturated heterocycles. The lowest BCUT2D eigenvalue weighted by molar-refractivity contribution is -0.134. The Morgan fingerprint density at radius 2 is 1.13 bits per heavy atom. The number of ketones is 4. The van der Waals surface area contributed by atoms with E-state index in [0.717, 1.165) is 76.7 Å². The van der Waals surface area contributed by atoms with E-state index in [2.05, 4.69) is 12.2 Å². The third-order valence-corrected chi connectivity index (χ3v) is 6.96. The predicted molar refractivity (Wildman–Crippen MR) is 144 cm³/mol. The van der Waals surface area contributed by atoms with Crippen molar-refractivity contribution in [1.82, 2.24) is 0 Å². The van der Waals surface area contributed by atoms with Crippen molar-refractivity contribution in [3.8, 4) is 0 Å². The first-order valence-corrected chi connectivity index (χ1v) is 13.5. The van der Waals surface area contributed by atoms with Crippen LogP contribution in [0.1, 0.15) is 96.8 Å². The second-order valence-corrected chi connectivity index (χ2v) is 9.78. The Morgan fingerprint density at radius 3 is 1.68 bits per heavy atom. The maximum atomic E-state index is 12.0. The Kier molecular flexibility index (Phi) is 12.8. The molecular weight excluding hydrogens is 488 g/mol. The van der Waals surface area contributed by atoms with Gasteiger partial charge in [-0.2, -0.15) is 0 Å². The highest BCUT2D eigenvalue weighted by Crippen LogP contribution is 2.27. The number of carbonyl (C=O) groups is 4. The zero-order valence-electron chi connectivity index (χ0n) is 22.5. The highest BCUT2D eigenvalue weighted by Gasteiger charge is 2.32. The molecule has 0 fully saturated rings. The lowest BCUT2D eigenvalue weighted by Gasteiger charge is -2.15. The van der Waals surface area contributed by atoms with Gasteiger partial charge in [0, 0.05) is 22.8 Å². The molecule has 0 bridgehead atoms. The van der Waals surface area contributed by atoms with Crippen LogP contribution in [-0.4, -0.2) is 45.6 Å². The fourth-order valence-corrected chi connectivity index (χ4v) is 4.55. The number of hydrogen-bond donors (Lipinski definition) is 3. The van der Waals surface area contributed by atoms with E-state index in [4.69, 9.17) is 4.74 Å². The Morgan fingerprint density at radius 1 is 0.632 bits per heavy atom. The number of allylic oxidation sites excluding steroid dienone is 7. The summed E-state index contributed by atoms with van der Waals surface area (Å²) in [5, 5.41) is 29.6. The van der Waals surface area contributed by atoms with Crippen molar-refractivity contribution >= 4 is 23.1 Å². The van der Waals surface area contributed by atoms with Crippen LogP contribution in [0.2, 0.25) is 0 Å². The fraction of sp³-hybridized carbons (Fsp3) is 0.533. The minimum Gasteiger partial charge on any atom is -0.507 e. The predicted octanol–water partition coefficient (Wildman–Crippen LogP) is 6.29. The molecule has 38 heavy (non-hydrogen) atoms. The summed E-state index contributed by atoms with van der Waals surface area (Å²) in [5.41, 5.74) is 0.361. The number of ether oxygens (including phenoxy) is 1. The smallest absolute Gasteiger partial charge is 0.267 e. The normalized spacial score (nSPS) is 16.8. The van der Waals surface area contributed by atoms with Gasteiger partial charge in [-0.25, -0.2) is 0 Å². The first kappa shape index (κ1) is 30.8. The van der Waals surface area contributed by atoms with Gasteiger partial charge in [-0.1, -0.05) is 50.7 Å². The Hall–Kier alpha value is -3.42. The lowest BCUT2D eigenvalue weighted by Crippen LogP contribution is -2.25. The average molecular weight is 529 g/mol. The molecular formula is C30H40O8. The molecule has 0 saturated carbocycles. The van der Waals surface area contributed by atoms with Crippen molar-refractivity contribution in [2.24, 2.45) is 0 Å². The lowest BCUT2D eigenvalue weighted by atomic mass is 9.90. The standard InChI is InChI=1S/C30H40O8/c1-20-25(32)22(28(35)30(37)26(20)33)18-16-14-12-10-8-6-4-3-5-7-9-11-13-15-17-21-23(31)19-24(38-2)29(36)27(21)34/h3-4,19,32-34H,5-18H2,1-2H3. The van der Waals surface area contributed by atoms with Gasteiger partial charge >= 0.3 is 0 Å². The minimum atomic E-state index is -0.938. The van der Waals surface area contributed by atoms with Gasteiger partial charge in [-0.15, -0.1) is 0 Å². The van der Waals surface area contributed by atoms with E-state index in [0.29, 0.717) is 19.3 Å². The van der Waals surface area contributed by atoms with Gasteiger partial charge in [-0.3, -0.25) is 19.2 Å². The molecule has 8 heteroatoms. The summed E-state index contributed by atoms with van der Waals surface area (Å²) in [7, 11) is 1.29. The topological polar surface area (TPSA) is 138 Å². The number of methoxy groups -OCH3 is 1. The number of hydrogen-bond acceptors (Lipinski definition) is 8. The van der Waals surface area contributed by atoms with E-state index in [1.807, 2.05) is 0 Å². The molecule has 0 unspecified atom stereocenters. The molecule has 0 aromatic rings. The number of rotatable bonds is 17. The van der Waals surface area contributed by atoms with Crippen LogP contribution in [-0.2, 0) is 23.9 Å². The van der Waals surface area contributed by atoms with Crippen LogP contribution in [0, 0.1) is 0 Å². The van der Waals surface area contributed by atoms with Crippen LogP contribution < -0.4 is 0 Å². The van der Waals surface area contributed by atoms with Gasteiger partial charge in [0.1, 0.15) is 5.76 Å². The maximum Gasteiger partial charge on any atom is 0.267 e. The van der Waals surface area contributed by atoms with Gasteiger partial charge in [0.05, 0.1) is 7.11 Å². The molecule has 0 aromatic heterocycles. The molecule has 0 heterocycles. The van der Waals surface area contributed by atoms with E-state index < -0.39 is 28.9 Å². The summed E-state index contributed by atoms with van der Waals surface area (Å²) in [4.78, 5) is 47.6. The monoisotopic (exact) mass is 528 g/mol. The second-order valence-electron chi connectivity index (χ2n) is 9.78. The third-order valence-electron chi connectivity index (χ3n) is 6.96. The molecule has 0 aromatic carbocycles. The van der Waals surface area contributed by atoms with Crippen LogP contribution in [0.25, 0.3) is 0 Å². The van der Waals surface area contributed by atoms with Crippen molar-refractivity contribution in [2.75, 3.05) is 7.11 Å². The van der Waals surface area contributed by atoms with Crippen LogP contribution in [0.5, 0.6) is 0 Å². The first-order chi connectivity index (χ1) is 18.2. The first-order valence-electron chi connectivity index (χ1n) is 13.5. The van der Waals surface area contributed by atoms with E-state index >= 15 is 0 Å². The summed E-state index contributed by atoms with van der Waals surface area (Å²) >= 11 is 0. The van der Waals surface area contributed by atoms with Crippen molar-refractivity contribution in [1.29, 1.82) is 0 Å². The molecule has 2 rings (SSSR count). The summed E-state index contributed by atoms with van der Waals surface area (Å²) in [6.07, 6.45) is 18.0. The van der Waals surface area contributed by atoms with Crippen LogP contribution in [0.3, 0.4) is 0 Å². The Bertz CT molecular complexity index is 1070. The molecule has 2 aliphatic rings. The molecule has 0 aliphatic heterocycles. The quantitative estimate of drug-likeness (QED) is 0.0658. The number of aliphatic hydroxyl groups is 3. The summed E-state index contributed by atoms with van der Waals surface area (Å²) in [6, 6.07) is 0. The van der Waals surface area contributed by atoms with E-state index in [1.54, 1.807) is 0 Å². The molecule has 0 atom stereocenters.